The minimum absolute atomic E-state index is 0.0924. The summed E-state index contributed by atoms with van der Waals surface area (Å²) in [6, 6.07) is 12.9. The van der Waals surface area contributed by atoms with E-state index in [-0.39, 0.29) is 19.3 Å². The first-order chi connectivity index (χ1) is 18.5. The predicted molar refractivity (Wildman–Crippen MR) is 146 cm³/mol. The number of hydrogen-bond acceptors (Lipinski definition) is 5. The standard InChI is InChI=1S/C29H34N4O6/c1-29(2,3)39-28(38)32-23(16-19-17-30-21-10-6-5-9-20(19)21)26(36)31-22(12-13-25(34)35)27(37)33-15-14-18-8-4-7-11-24(18)33/h4-11,17,22-23,30H,12-16H2,1-3H3,(H,31,36)(H,32,38)(H,34,35)/t22-,23-/m0/s1. The molecule has 2 atom stereocenters. The van der Waals surface area contributed by atoms with Crippen molar-refractivity contribution in [3.05, 3.63) is 65.9 Å². The van der Waals surface area contributed by atoms with Crippen molar-refractivity contribution in [1.29, 1.82) is 0 Å². The largest absolute Gasteiger partial charge is 0.481 e. The molecule has 2 heterocycles. The number of aromatic amines is 1. The molecule has 3 amide bonds. The molecule has 0 spiro atoms. The minimum Gasteiger partial charge on any atom is -0.481 e. The number of benzene rings is 2. The maximum atomic E-state index is 13.6. The average molecular weight is 535 g/mol. The first-order valence-corrected chi connectivity index (χ1v) is 13.0. The van der Waals surface area contributed by atoms with E-state index in [1.54, 1.807) is 31.9 Å². The summed E-state index contributed by atoms with van der Waals surface area (Å²) in [5.41, 5.74) is 2.65. The molecule has 3 aromatic rings. The molecule has 10 nitrogen and oxygen atoms in total. The van der Waals surface area contributed by atoms with Gasteiger partial charge in [-0.3, -0.25) is 14.4 Å². The maximum Gasteiger partial charge on any atom is 0.408 e. The molecule has 4 rings (SSSR count). The van der Waals surface area contributed by atoms with E-state index in [1.807, 2.05) is 48.5 Å². The van der Waals surface area contributed by atoms with Crippen LogP contribution in [0.2, 0.25) is 0 Å². The number of hydrogen-bond donors (Lipinski definition) is 4. The van der Waals surface area contributed by atoms with Gasteiger partial charge in [-0.15, -0.1) is 0 Å². The van der Waals surface area contributed by atoms with Gasteiger partial charge < -0.3 is 30.4 Å². The number of aromatic nitrogens is 1. The second-order valence-electron chi connectivity index (χ2n) is 10.6. The molecule has 0 aliphatic carbocycles. The molecule has 1 aliphatic heterocycles. The summed E-state index contributed by atoms with van der Waals surface area (Å²) in [7, 11) is 0. The van der Waals surface area contributed by atoms with E-state index >= 15 is 0 Å². The highest BCUT2D eigenvalue weighted by molar-refractivity contribution is 6.01. The molecule has 0 saturated heterocycles. The van der Waals surface area contributed by atoms with E-state index in [2.05, 4.69) is 15.6 Å². The molecule has 206 valence electrons. The number of ether oxygens (including phenoxy) is 1. The van der Waals surface area contributed by atoms with Gasteiger partial charge in [0.25, 0.3) is 0 Å². The van der Waals surface area contributed by atoms with Gasteiger partial charge in [0.05, 0.1) is 0 Å². The normalized spacial score (nSPS) is 14.4. The number of amides is 3. The number of nitrogens with one attached hydrogen (secondary N) is 3. The lowest BCUT2D eigenvalue weighted by Gasteiger charge is -2.27. The van der Waals surface area contributed by atoms with Gasteiger partial charge in [-0.05, 0) is 56.9 Å². The molecule has 2 aromatic carbocycles. The first-order valence-electron chi connectivity index (χ1n) is 13.0. The van der Waals surface area contributed by atoms with Crippen LogP contribution in [-0.4, -0.2) is 58.2 Å². The van der Waals surface area contributed by atoms with E-state index < -0.39 is 41.6 Å². The summed E-state index contributed by atoms with van der Waals surface area (Å²) in [6.45, 7) is 5.59. The summed E-state index contributed by atoms with van der Waals surface area (Å²) in [6.07, 6.45) is 1.40. The number of nitrogens with zero attached hydrogens (tertiary/aromatic N) is 1. The fraction of sp³-hybridized carbons (Fsp3) is 0.379. The Balaban J connectivity index is 1.58. The minimum atomic E-state index is -1.09. The number of carboxylic acid groups (broad SMARTS) is 1. The number of carbonyl (C=O) groups excluding carboxylic acids is 3. The van der Waals surface area contributed by atoms with E-state index in [1.165, 1.54) is 0 Å². The molecule has 4 N–H and O–H groups in total. The van der Waals surface area contributed by atoms with Crippen molar-refractivity contribution < 1.29 is 29.0 Å². The number of carboxylic acids is 1. The fourth-order valence-corrected chi connectivity index (χ4v) is 4.73. The van der Waals surface area contributed by atoms with Crippen LogP contribution in [0.3, 0.4) is 0 Å². The van der Waals surface area contributed by atoms with E-state index in [9.17, 15) is 24.3 Å². The number of H-pyrrole nitrogens is 1. The lowest BCUT2D eigenvalue weighted by Crippen LogP contribution is -2.55. The van der Waals surface area contributed by atoms with Crippen molar-refractivity contribution in [3.63, 3.8) is 0 Å². The van der Waals surface area contributed by atoms with Gasteiger partial charge in [-0.2, -0.15) is 0 Å². The monoisotopic (exact) mass is 534 g/mol. The van der Waals surface area contributed by atoms with Crippen LogP contribution in [0.5, 0.6) is 0 Å². The Morgan fingerprint density at radius 1 is 1.03 bits per heavy atom. The van der Waals surface area contributed by atoms with E-state index in [0.29, 0.717) is 13.0 Å². The quantitative estimate of drug-likeness (QED) is 0.331. The third-order valence-electron chi connectivity index (χ3n) is 6.52. The Kier molecular flexibility index (Phi) is 8.23. The summed E-state index contributed by atoms with van der Waals surface area (Å²) in [5, 5.41) is 15.6. The number of carbonyl (C=O) groups is 4. The highest BCUT2D eigenvalue weighted by Crippen LogP contribution is 2.28. The molecule has 0 bridgehead atoms. The summed E-state index contributed by atoms with van der Waals surface area (Å²) >= 11 is 0. The molecule has 0 radical (unpaired) electrons. The zero-order valence-electron chi connectivity index (χ0n) is 22.3. The Morgan fingerprint density at radius 3 is 2.49 bits per heavy atom. The van der Waals surface area contributed by atoms with E-state index in [4.69, 9.17) is 4.74 Å². The highest BCUT2D eigenvalue weighted by Gasteiger charge is 2.34. The molecule has 1 aromatic heterocycles. The van der Waals surface area contributed by atoms with Crippen molar-refractivity contribution in [1.82, 2.24) is 15.6 Å². The van der Waals surface area contributed by atoms with Crippen LogP contribution in [0.4, 0.5) is 10.5 Å². The van der Waals surface area contributed by atoms with Crippen LogP contribution < -0.4 is 15.5 Å². The van der Waals surface area contributed by atoms with Crippen LogP contribution in [-0.2, 0) is 32.0 Å². The van der Waals surface area contributed by atoms with Gasteiger partial charge in [-0.1, -0.05) is 36.4 Å². The van der Waals surface area contributed by atoms with Crippen molar-refractivity contribution >= 4 is 40.5 Å². The Bertz CT molecular complexity index is 1380. The lowest BCUT2D eigenvalue weighted by molar-refractivity contribution is -0.137. The fourth-order valence-electron chi connectivity index (χ4n) is 4.73. The number of aliphatic carboxylic acids is 1. The molecular weight excluding hydrogens is 500 g/mol. The molecule has 0 fully saturated rings. The van der Waals surface area contributed by atoms with Gasteiger partial charge >= 0.3 is 12.1 Å². The van der Waals surface area contributed by atoms with Gasteiger partial charge in [0.1, 0.15) is 17.7 Å². The smallest absolute Gasteiger partial charge is 0.408 e. The third-order valence-corrected chi connectivity index (χ3v) is 6.52. The maximum absolute atomic E-state index is 13.6. The van der Waals surface area contributed by atoms with Crippen LogP contribution in [0, 0.1) is 0 Å². The Labute approximate surface area is 226 Å². The zero-order chi connectivity index (χ0) is 28.2. The van der Waals surface area contributed by atoms with E-state index in [0.717, 1.165) is 27.7 Å². The summed E-state index contributed by atoms with van der Waals surface area (Å²) < 4.78 is 5.39. The Morgan fingerprint density at radius 2 is 1.74 bits per heavy atom. The highest BCUT2D eigenvalue weighted by atomic mass is 16.6. The number of alkyl carbamates (subject to hydrolysis) is 1. The number of para-hydroxylation sites is 2. The zero-order valence-corrected chi connectivity index (χ0v) is 22.3. The number of anilines is 1. The number of rotatable bonds is 9. The Hall–Kier alpha value is -4.34. The van der Waals surface area contributed by atoms with Gasteiger partial charge in [0.15, 0.2) is 0 Å². The third kappa shape index (κ3) is 6.95. The molecular formula is C29H34N4O6. The molecule has 1 aliphatic rings. The predicted octanol–water partition coefficient (Wildman–Crippen LogP) is 3.54. The molecule has 0 saturated carbocycles. The van der Waals surface area contributed by atoms with Gasteiger partial charge in [-0.25, -0.2) is 4.79 Å². The van der Waals surface area contributed by atoms with Crippen molar-refractivity contribution in [3.8, 4) is 0 Å². The van der Waals surface area contributed by atoms with Crippen molar-refractivity contribution in [2.24, 2.45) is 0 Å². The number of fused-ring (bicyclic) bond motifs is 2. The van der Waals surface area contributed by atoms with Crippen LogP contribution >= 0.6 is 0 Å². The van der Waals surface area contributed by atoms with Crippen molar-refractivity contribution in [2.45, 2.75) is 64.1 Å². The topological polar surface area (TPSA) is 141 Å². The van der Waals surface area contributed by atoms with Crippen LogP contribution in [0.25, 0.3) is 10.9 Å². The SMILES string of the molecule is CC(C)(C)OC(=O)N[C@@H](Cc1c[nH]c2ccccc12)C(=O)N[C@@H](CCC(=O)O)C(=O)N1CCc2ccccc21. The molecule has 0 unspecified atom stereocenters. The lowest BCUT2D eigenvalue weighted by atomic mass is 10.0. The van der Waals surface area contributed by atoms with Crippen LogP contribution in [0.1, 0.15) is 44.7 Å². The van der Waals surface area contributed by atoms with Gasteiger partial charge in [0.2, 0.25) is 11.8 Å². The summed E-state index contributed by atoms with van der Waals surface area (Å²) in [5.74, 6) is -2.08. The second kappa shape index (κ2) is 11.6. The second-order valence-corrected chi connectivity index (χ2v) is 10.6. The van der Waals surface area contributed by atoms with Crippen molar-refractivity contribution in [2.75, 3.05) is 11.4 Å². The first kappa shape index (κ1) is 27.7. The van der Waals surface area contributed by atoms with Gasteiger partial charge in [0, 0.05) is 42.2 Å². The summed E-state index contributed by atoms with van der Waals surface area (Å²) in [4.78, 5) is 56.0. The molecule has 10 heteroatoms. The molecule has 39 heavy (non-hydrogen) atoms. The average Bonchev–Trinajstić information content (AvgIpc) is 3.49. The van der Waals surface area contributed by atoms with Crippen LogP contribution in [0.15, 0.2) is 54.7 Å².